The average molecular weight is 403 g/mol. The highest BCUT2D eigenvalue weighted by Crippen LogP contribution is 2.28. The summed E-state index contributed by atoms with van der Waals surface area (Å²) in [4.78, 5) is 31.8. The lowest BCUT2D eigenvalue weighted by molar-refractivity contribution is -0.139. The van der Waals surface area contributed by atoms with Gasteiger partial charge >= 0.3 is 0 Å². The summed E-state index contributed by atoms with van der Waals surface area (Å²) >= 11 is 1.60. The molecule has 0 unspecified atom stereocenters. The van der Waals surface area contributed by atoms with Crippen molar-refractivity contribution < 1.29 is 14.7 Å². The maximum Gasteiger partial charge on any atom is 0.243 e. The molecule has 1 aromatic heterocycles. The van der Waals surface area contributed by atoms with Crippen LogP contribution in [0, 0.1) is 6.92 Å². The van der Waals surface area contributed by atoms with Crippen LogP contribution in [-0.4, -0.2) is 51.5 Å². The highest BCUT2D eigenvalue weighted by molar-refractivity contribution is 7.13. The van der Waals surface area contributed by atoms with E-state index in [2.05, 4.69) is 10.3 Å². The topological polar surface area (TPSA) is 109 Å². The maximum absolute atomic E-state index is 12.7. The van der Waals surface area contributed by atoms with Crippen molar-refractivity contribution >= 4 is 23.2 Å². The SMILES string of the molecule is Cc1ncsc1-c1ccc([C@H](C)NC(=O)[C@@H]2C[C@@H](O)CN2C(=O)[C@H](C)N)cc1. The second-order valence-corrected chi connectivity index (χ2v) is 8.16. The van der Waals surface area contributed by atoms with E-state index in [1.54, 1.807) is 18.3 Å². The summed E-state index contributed by atoms with van der Waals surface area (Å²) in [6.45, 7) is 5.59. The van der Waals surface area contributed by atoms with Gasteiger partial charge in [-0.25, -0.2) is 4.98 Å². The number of benzene rings is 1. The average Bonchev–Trinajstić information content (AvgIpc) is 3.26. The van der Waals surface area contributed by atoms with E-state index in [-0.39, 0.29) is 30.8 Å². The highest BCUT2D eigenvalue weighted by atomic mass is 32.1. The molecule has 3 rings (SSSR count). The van der Waals surface area contributed by atoms with E-state index in [1.807, 2.05) is 43.6 Å². The minimum absolute atomic E-state index is 0.135. The van der Waals surface area contributed by atoms with Gasteiger partial charge in [-0.15, -0.1) is 11.3 Å². The number of nitrogens with zero attached hydrogens (tertiary/aromatic N) is 2. The Morgan fingerprint density at radius 2 is 2.00 bits per heavy atom. The second-order valence-electron chi connectivity index (χ2n) is 7.30. The van der Waals surface area contributed by atoms with Crippen LogP contribution in [0.4, 0.5) is 0 Å². The fraction of sp³-hybridized carbons (Fsp3) is 0.450. The van der Waals surface area contributed by atoms with Crippen LogP contribution in [0.2, 0.25) is 0 Å². The van der Waals surface area contributed by atoms with Gasteiger partial charge in [0.2, 0.25) is 11.8 Å². The number of nitrogens with one attached hydrogen (secondary N) is 1. The van der Waals surface area contributed by atoms with Crippen LogP contribution in [0.25, 0.3) is 10.4 Å². The Labute approximate surface area is 168 Å². The third-order valence-electron chi connectivity index (χ3n) is 5.03. The smallest absolute Gasteiger partial charge is 0.243 e. The van der Waals surface area contributed by atoms with Gasteiger partial charge < -0.3 is 21.1 Å². The van der Waals surface area contributed by atoms with E-state index in [9.17, 15) is 14.7 Å². The zero-order chi connectivity index (χ0) is 20.4. The number of hydrogen-bond acceptors (Lipinski definition) is 6. The first-order chi connectivity index (χ1) is 13.3. The largest absolute Gasteiger partial charge is 0.391 e. The van der Waals surface area contributed by atoms with Gasteiger partial charge in [-0.2, -0.15) is 0 Å². The zero-order valence-corrected chi connectivity index (χ0v) is 17.1. The van der Waals surface area contributed by atoms with E-state index < -0.39 is 18.2 Å². The Morgan fingerprint density at radius 1 is 1.32 bits per heavy atom. The molecule has 1 fully saturated rings. The summed E-state index contributed by atoms with van der Waals surface area (Å²) in [7, 11) is 0. The third-order valence-corrected chi connectivity index (χ3v) is 6.01. The van der Waals surface area contributed by atoms with E-state index in [4.69, 9.17) is 5.73 Å². The minimum atomic E-state index is -0.712. The molecule has 1 aliphatic heterocycles. The summed E-state index contributed by atoms with van der Waals surface area (Å²) in [5, 5.41) is 12.9. The molecule has 1 saturated heterocycles. The predicted molar refractivity (Wildman–Crippen MR) is 109 cm³/mol. The molecule has 4 N–H and O–H groups in total. The Hall–Kier alpha value is -2.29. The number of thiazole rings is 1. The summed E-state index contributed by atoms with van der Waals surface area (Å²) < 4.78 is 0. The Balaban J connectivity index is 1.68. The van der Waals surface area contributed by atoms with Gasteiger partial charge in [-0.05, 0) is 31.9 Å². The number of amides is 2. The molecule has 150 valence electrons. The summed E-state index contributed by atoms with van der Waals surface area (Å²) in [6, 6.07) is 6.36. The van der Waals surface area contributed by atoms with Crippen LogP contribution < -0.4 is 11.1 Å². The number of carbonyl (C=O) groups excluding carboxylic acids is 2. The van der Waals surface area contributed by atoms with Gasteiger partial charge in [0.1, 0.15) is 6.04 Å². The standard InChI is InChI=1S/C20H26N4O3S/c1-11(21)20(27)24-9-16(25)8-17(24)19(26)23-12(2)14-4-6-15(7-5-14)18-13(3)22-10-28-18/h4-7,10-12,16-17,25H,8-9,21H2,1-3H3,(H,23,26)/t11-,12-,16+,17-/m0/s1. The number of rotatable bonds is 5. The van der Waals surface area contributed by atoms with Crippen molar-refractivity contribution in [1.82, 2.24) is 15.2 Å². The van der Waals surface area contributed by atoms with Gasteiger partial charge in [0.15, 0.2) is 0 Å². The molecule has 28 heavy (non-hydrogen) atoms. The Kier molecular flexibility index (Phi) is 6.12. The molecule has 4 atom stereocenters. The summed E-state index contributed by atoms with van der Waals surface area (Å²) in [5.41, 5.74) is 10.6. The molecule has 7 nitrogen and oxygen atoms in total. The first kappa shape index (κ1) is 20.4. The lowest BCUT2D eigenvalue weighted by atomic mass is 10.0. The number of hydrogen-bond donors (Lipinski definition) is 3. The van der Waals surface area contributed by atoms with Crippen molar-refractivity contribution in [3.05, 3.63) is 41.0 Å². The fourth-order valence-corrected chi connectivity index (χ4v) is 4.27. The molecule has 0 aliphatic carbocycles. The van der Waals surface area contributed by atoms with Crippen LogP contribution in [-0.2, 0) is 9.59 Å². The van der Waals surface area contributed by atoms with E-state index in [0.29, 0.717) is 0 Å². The first-order valence-electron chi connectivity index (χ1n) is 9.32. The van der Waals surface area contributed by atoms with Crippen molar-refractivity contribution in [3.63, 3.8) is 0 Å². The van der Waals surface area contributed by atoms with Gasteiger partial charge in [0.05, 0.1) is 34.3 Å². The quantitative estimate of drug-likeness (QED) is 0.704. The van der Waals surface area contributed by atoms with Crippen molar-refractivity contribution in [2.45, 2.75) is 51.4 Å². The molecule has 2 heterocycles. The zero-order valence-electron chi connectivity index (χ0n) is 16.3. The fourth-order valence-electron chi connectivity index (χ4n) is 3.46. The Bertz CT molecular complexity index is 849. The molecule has 1 aliphatic rings. The van der Waals surface area contributed by atoms with Crippen LogP contribution in [0.5, 0.6) is 0 Å². The number of nitrogens with two attached hydrogens (primary N) is 1. The molecule has 0 saturated carbocycles. The second kappa shape index (κ2) is 8.38. The number of likely N-dealkylation sites (tertiary alicyclic amines) is 1. The van der Waals surface area contributed by atoms with Crippen molar-refractivity contribution in [2.24, 2.45) is 5.73 Å². The van der Waals surface area contributed by atoms with Crippen LogP contribution in [0.15, 0.2) is 29.8 Å². The minimum Gasteiger partial charge on any atom is -0.391 e. The van der Waals surface area contributed by atoms with Crippen LogP contribution in [0.3, 0.4) is 0 Å². The van der Waals surface area contributed by atoms with Gasteiger partial charge in [-0.1, -0.05) is 24.3 Å². The summed E-state index contributed by atoms with van der Waals surface area (Å²) in [5.74, 6) is -0.603. The number of aromatic nitrogens is 1. The van der Waals surface area contributed by atoms with E-state index in [1.165, 1.54) is 4.90 Å². The van der Waals surface area contributed by atoms with Crippen molar-refractivity contribution in [2.75, 3.05) is 6.54 Å². The number of β-amino-alcohol motifs (C(OH)–C–C–N with tert-alkyl or cyclic N) is 1. The molecule has 0 bridgehead atoms. The third kappa shape index (κ3) is 4.24. The molecular formula is C20H26N4O3S. The lowest BCUT2D eigenvalue weighted by Crippen LogP contribution is -2.50. The number of carbonyl (C=O) groups is 2. The molecule has 0 spiro atoms. The number of aliphatic hydroxyl groups excluding tert-OH is 1. The number of aliphatic hydroxyl groups is 1. The lowest BCUT2D eigenvalue weighted by Gasteiger charge is -2.26. The molecule has 1 aromatic carbocycles. The molecule has 0 radical (unpaired) electrons. The van der Waals surface area contributed by atoms with Crippen molar-refractivity contribution in [1.29, 1.82) is 0 Å². The van der Waals surface area contributed by atoms with Gasteiger partial charge in [0.25, 0.3) is 0 Å². The normalized spacial score (nSPS) is 21.4. The summed E-state index contributed by atoms with van der Waals surface area (Å²) in [6.07, 6.45) is -0.490. The van der Waals surface area contributed by atoms with E-state index in [0.717, 1.165) is 21.7 Å². The molecule has 8 heteroatoms. The predicted octanol–water partition coefficient (Wildman–Crippen LogP) is 1.60. The van der Waals surface area contributed by atoms with Gasteiger partial charge in [0, 0.05) is 13.0 Å². The first-order valence-corrected chi connectivity index (χ1v) is 10.2. The van der Waals surface area contributed by atoms with Crippen molar-refractivity contribution in [3.8, 4) is 10.4 Å². The monoisotopic (exact) mass is 402 g/mol. The van der Waals surface area contributed by atoms with Gasteiger partial charge in [-0.3, -0.25) is 9.59 Å². The maximum atomic E-state index is 12.7. The highest BCUT2D eigenvalue weighted by Gasteiger charge is 2.39. The molecule has 2 amide bonds. The Morgan fingerprint density at radius 3 is 2.57 bits per heavy atom. The van der Waals surface area contributed by atoms with E-state index >= 15 is 0 Å². The number of aryl methyl sites for hydroxylation is 1. The molecular weight excluding hydrogens is 376 g/mol. The molecule has 2 aromatic rings. The van der Waals surface area contributed by atoms with Crippen LogP contribution in [0.1, 0.15) is 37.6 Å². The van der Waals surface area contributed by atoms with Crippen LogP contribution >= 0.6 is 11.3 Å².